The van der Waals surface area contributed by atoms with Crippen LogP contribution in [0.1, 0.15) is 24.8 Å². The summed E-state index contributed by atoms with van der Waals surface area (Å²) < 4.78 is 0. The van der Waals surface area contributed by atoms with E-state index in [1.807, 2.05) is 0 Å². The molecule has 0 bridgehead atoms. The van der Waals surface area contributed by atoms with Crippen LogP contribution in [0, 0.1) is 10.1 Å². The topological polar surface area (TPSA) is 98.3 Å². The number of nitro groups is 1. The number of thiophene rings is 1. The Morgan fingerprint density at radius 3 is 2.88 bits per heavy atom. The highest BCUT2D eigenvalue weighted by atomic mass is 32.1. The number of nitrogens with one attached hydrogen (secondary N) is 1. The van der Waals surface area contributed by atoms with E-state index in [2.05, 4.69) is 5.32 Å². The molecule has 0 saturated carbocycles. The van der Waals surface area contributed by atoms with Crippen molar-refractivity contribution in [2.45, 2.75) is 25.8 Å². The number of carbonyl (C=O) groups is 1. The summed E-state index contributed by atoms with van der Waals surface area (Å²) >= 11 is 1.13. The summed E-state index contributed by atoms with van der Waals surface area (Å²) in [5, 5.41) is 15.5. The molecule has 1 amide bonds. The molecule has 0 radical (unpaired) electrons. The molecule has 1 heterocycles. The molecule has 0 saturated heterocycles. The van der Waals surface area contributed by atoms with Crippen molar-refractivity contribution in [3.05, 3.63) is 27.1 Å². The quantitative estimate of drug-likeness (QED) is 0.418. The average Bonchev–Trinajstić information content (AvgIpc) is 2.71. The lowest BCUT2D eigenvalue weighted by atomic mass is 10.2. The summed E-state index contributed by atoms with van der Waals surface area (Å²) in [6.45, 7) is 1.39. The average molecular weight is 257 g/mol. The zero-order chi connectivity index (χ0) is 12.7. The van der Waals surface area contributed by atoms with Crippen molar-refractivity contribution in [1.29, 1.82) is 0 Å². The van der Waals surface area contributed by atoms with Crippen molar-refractivity contribution in [3.63, 3.8) is 0 Å². The third-order valence-corrected chi connectivity index (χ3v) is 3.10. The molecule has 0 spiro atoms. The molecular weight excluding hydrogens is 242 g/mol. The molecule has 1 rings (SSSR count). The van der Waals surface area contributed by atoms with E-state index in [4.69, 9.17) is 5.73 Å². The first kappa shape index (κ1) is 13.6. The maximum Gasteiger partial charge on any atom is 0.324 e. The monoisotopic (exact) mass is 257 g/mol. The molecule has 94 valence electrons. The largest absolute Gasteiger partial charge is 0.370 e. The number of hydrogen-bond acceptors (Lipinski definition) is 5. The van der Waals surface area contributed by atoms with E-state index in [1.54, 1.807) is 11.4 Å². The molecule has 0 aromatic carbocycles. The second kappa shape index (κ2) is 6.97. The highest BCUT2D eigenvalue weighted by molar-refractivity contribution is 7.13. The highest BCUT2D eigenvalue weighted by Gasteiger charge is 2.08. The fourth-order valence-corrected chi connectivity index (χ4v) is 2.06. The summed E-state index contributed by atoms with van der Waals surface area (Å²) in [6, 6.07) is 1.57. The zero-order valence-corrected chi connectivity index (χ0v) is 10.2. The molecule has 0 aliphatic rings. The van der Waals surface area contributed by atoms with Crippen LogP contribution in [0.4, 0.5) is 5.00 Å². The van der Waals surface area contributed by atoms with Gasteiger partial charge < -0.3 is 11.1 Å². The first-order valence-electron chi connectivity index (χ1n) is 5.30. The van der Waals surface area contributed by atoms with Crippen molar-refractivity contribution in [1.82, 2.24) is 5.32 Å². The lowest BCUT2D eigenvalue weighted by Gasteiger charge is -2.01. The van der Waals surface area contributed by atoms with Gasteiger partial charge in [-0.2, -0.15) is 0 Å². The van der Waals surface area contributed by atoms with Crippen LogP contribution >= 0.6 is 11.3 Å². The molecular formula is C10H15N3O3S. The fraction of sp³-hybridized carbons (Fsp3) is 0.500. The fourth-order valence-electron chi connectivity index (χ4n) is 1.33. The van der Waals surface area contributed by atoms with Gasteiger partial charge in [-0.25, -0.2) is 0 Å². The summed E-state index contributed by atoms with van der Waals surface area (Å²) in [6.07, 6.45) is 2.05. The number of rotatable bonds is 8. The number of hydrogen-bond donors (Lipinski definition) is 2. The molecule has 0 atom stereocenters. The molecule has 1 aromatic heterocycles. The van der Waals surface area contributed by atoms with Crippen molar-refractivity contribution in [2.75, 3.05) is 6.54 Å². The Bertz CT molecular complexity index is 392. The number of primary amides is 1. The Hall–Kier alpha value is -1.47. The van der Waals surface area contributed by atoms with Gasteiger partial charge in [0.1, 0.15) is 0 Å². The Balaban J connectivity index is 2.13. The third-order valence-electron chi connectivity index (χ3n) is 2.18. The van der Waals surface area contributed by atoms with Gasteiger partial charge in [0.05, 0.1) is 4.92 Å². The molecule has 0 unspecified atom stereocenters. The van der Waals surface area contributed by atoms with E-state index < -0.39 is 0 Å². The molecule has 6 nitrogen and oxygen atoms in total. The summed E-state index contributed by atoms with van der Waals surface area (Å²) in [5.74, 6) is -0.279. The highest BCUT2D eigenvalue weighted by Crippen LogP contribution is 2.22. The molecule has 0 fully saturated rings. The Morgan fingerprint density at radius 1 is 1.53 bits per heavy atom. The number of carbonyl (C=O) groups excluding carboxylic acids is 1. The van der Waals surface area contributed by atoms with Gasteiger partial charge in [0, 0.05) is 24.4 Å². The van der Waals surface area contributed by atoms with Crippen LogP contribution in [-0.4, -0.2) is 17.4 Å². The van der Waals surface area contributed by atoms with Crippen LogP contribution in [0.5, 0.6) is 0 Å². The first-order valence-corrected chi connectivity index (χ1v) is 6.18. The minimum atomic E-state index is -0.388. The van der Waals surface area contributed by atoms with Crippen molar-refractivity contribution >= 4 is 22.2 Å². The molecule has 7 heteroatoms. The van der Waals surface area contributed by atoms with Gasteiger partial charge in [0.25, 0.3) is 0 Å². The van der Waals surface area contributed by atoms with Gasteiger partial charge >= 0.3 is 5.00 Å². The normalized spacial score (nSPS) is 10.4. The second-order valence-corrected chi connectivity index (χ2v) is 4.54. The van der Waals surface area contributed by atoms with Crippen LogP contribution < -0.4 is 11.1 Å². The van der Waals surface area contributed by atoms with Gasteiger partial charge in [0.2, 0.25) is 5.91 Å². The van der Waals surface area contributed by atoms with Gasteiger partial charge in [-0.1, -0.05) is 11.3 Å². The van der Waals surface area contributed by atoms with E-state index in [9.17, 15) is 14.9 Å². The molecule has 17 heavy (non-hydrogen) atoms. The Morgan fingerprint density at radius 2 is 2.29 bits per heavy atom. The third kappa shape index (κ3) is 5.41. The first-order chi connectivity index (χ1) is 8.09. The number of amides is 1. The molecule has 1 aromatic rings. The van der Waals surface area contributed by atoms with E-state index in [0.29, 0.717) is 13.0 Å². The van der Waals surface area contributed by atoms with E-state index >= 15 is 0 Å². The van der Waals surface area contributed by atoms with Crippen LogP contribution in [-0.2, 0) is 11.3 Å². The molecule has 0 aliphatic heterocycles. The lowest BCUT2D eigenvalue weighted by Crippen LogP contribution is -2.15. The zero-order valence-electron chi connectivity index (χ0n) is 9.35. The minimum Gasteiger partial charge on any atom is -0.370 e. The van der Waals surface area contributed by atoms with E-state index in [-0.39, 0.29) is 15.8 Å². The number of unbranched alkanes of at least 4 members (excludes halogenated alkanes) is 1. The number of nitrogens with zero attached hydrogens (tertiary/aromatic N) is 1. The van der Waals surface area contributed by atoms with Gasteiger partial charge in [-0.15, -0.1) is 0 Å². The Kier molecular flexibility index (Phi) is 5.58. The predicted molar refractivity (Wildman–Crippen MR) is 65.7 cm³/mol. The van der Waals surface area contributed by atoms with Gasteiger partial charge in [-0.05, 0) is 24.9 Å². The van der Waals surface area contributed by atoms with Crippen molar-refractivity contribution in [2.24, 2.45) is 5.73 Å². The lowest BCUT2D eigenvalue weighted by molar-refractivity contribution is -0.380. The smallest absolute Gasteiger partial charge is 0.324 e. The van der Waals surface area contributed by atoms with E-state index in [1.165, 1.54) is 0 Å². The second-order valence-electron chi connectivity index (χ2n) is 3.65. The standard InChI is InChI=1S/C10H15N3O3S/c11-9(14)3-1-2-4-12-6-8-5-10(13(15)16)17-7-8/h5,7,12H,1-4,6H2,(H2,11,14). The van der Waals surface area contributed by atoms with Crippen LogP contribution in [0.15, 0.2) is 11.4 Å². The van der Waals surface area contributed by atoms with Crippen LogP contribution in [0.3, 0.4) is 0 Å². The minimum absolute atomic E-state index is 0.163. The van der Waals surface area contributed by atoms with Crippen molar-refractivity contribution in [3.8, 4) is 0 Å². The molecule has 0 aliphatic carbocycles. The number of nitrogens with two attached hydrogens (primary N) is 1. The van der Waals surface area contributed by atoms with Crippen molar-refractivity contribution < 1.29 is 9.72 Å². The van der Waals surface area contributed by atoms with E-state index in [0.717, 1.165) is 36.3 Å². The predicted octanol–water partition coefficient (Wildman–Crippen LogP) is 1.40. The molecule has 3 N–H and O–H groups in total. The maximum absolute atomic E-state index is 10.5. The maximum atomic E-state index is 10.5. The van der Waals surface area contributed by atoms with Crippen LogP contribution in [0.25, 0.3) is 0 Å². The summed E-state index contributed by atoms with van der Waals surface area (Å²) in [7, 11) is 0. The Labute approximate surface area is 103 Å². The van der Waals surface area contributed by atoms with Gasteiger partial charge in [-0.3, -0.25) is 14.9 Å². The summed E-state index contributed by atoms with van der Waals surface area (Å²) in [4.78, 5) is 20.5. The SMILES string of the molecule is NC(=O)CCCCNCc1csc([N+](=O)[O-])c1. The van der Waals surface area contributed by atoms with Crippen LogP contribution in [0.2, 0.25) is 0 Å². The van der Waals surface area contributed by atoms with Gasteiger partial charge in [0.15, 0.2) is 0 Å². The summed E-state index contributed by atoms with van der Waals surface area (Å²) in [5.41, 5.74) is 5.92.